The summed E-state index contributed by atoms with van der Waals surface area (Å²) in [6.45, 7) is 0.224. The van der Waals surface area contributed by atoms with Crippen molar-refractivity contribution >= 4 is 5.91 Å². The molecule has 162 valence electrons. The molecule has 1 N–H and O–H groups in total. The Hall–Kier alpha value is -4.07. The van der Waals surface area contributed by atoms with E-state index in [1.54, 1.807) is 50.8 Å². The van der Waals surface area contributed by atoms with E-state index in [-0.39, 0.29) is 23.8 Å². The number of hydrogen-bond donors (Lipinski definition) is 1. The van der Waals surface area contributed by atoms with Gasteiger partial charge in [0.15, 0.2) is 17.2 Å². The average Bonchev–Trinajstić information content (AvgIpc) is 3.53. The monoisotopic (exact) mass is 433 g/mol. The molecule has 0 aliphatic heterocycles. The summed E-state index contributed by atoms with van der Waals surface area (Å²) in [6, 6.07) is 13.6. The Morgan fingerprint density at radius 2 is 1.94 bits per heavy atom. The summed E-state index contributed by atoms with van der Waals surface area (Å²) in [6.07, 6.45) is 2.01. The Balaban J connectivity index is 1.63. The first-order valence-electron chi connectivity index (χ1n) is 10.0. The average molecular weight is 433 g/mol. The van der Waals surface area contributed by atoms with Crippen LogP contribution in [-0.2, 0) is 13.0 Å². The molecule has 1 aliphatic rings. The van der Waals surface area contributed by atoms with Crippen molar-refractivity contribution in [3.05, 3.63) is 83.2 Å². The summed E-state index contributed by atoms with van der Waals surface area (Å²) < 4.78 is 32.4. The minimum absolute atomic E-state index is 0.224. The Bertz CT molecular complexity index is 1310. The van der Waals surface area contributed by atoms with Gasteiger partial charge in [0.25, 0.3) is 5.91 Å². The number of carbonyl (C=O) groups excluding carboxylic acids is 1. The second-order valence-corrected chi connectivity index (χ2v) is 7.34. The standard InChI is InChI=1S/C24H20FN3O4/c1-30-20-11-14-10-17-22(24(29)26-13-15-6-5-9-32-15)27-28(19-8-4-3-7-18(19)25)23(17)16(14)12-21(20)31-2/h3-9,11-12H,10,13H2,1-2H3,(H,26,29). The molecule has 0 fully saturated rings. The van der Waals surface area contributed by atoms with Gasteiger partial charge in [0.05, 0.1) is 32.7 Å². The van der Waals surface area contributed by atoms with E-state index in [2.05, 4.69) is 10.4 Å². The van der Waals surface area contributed by atoms with Gasteiger partial charge in [-0.2, -0.15) is 5.10 Å². The quantitative estimate of drug-likeness (QED) is 0.436. The molecule has 1 aliphatic carbocycles. The summed E-state index contributed by atoms with van der Waals surface area (Å²) >= 11 is 0. The number of nitrogens with zero attached hydrogens (tertiary/aromatic N) is 2. The van der Waals surface area contributed by atoms with Crippen molar-refractivity contribution < 1.29 is 23.1 Å². The molecule has 7 nitrogen and oxygen atoms in total. The van der Waals surface area contributed by atoms with Crippen LogP contribution in [0.1, 0.15) is 27.4 Å². The van der Waals surface area contributed by atoms with Crippen molar-refractivity contribution in [1.82, 2.24) is 15.1 Å². The third-order valence-electron chi connectivity index (χ3n) is 5.51. The van der Waals surface area contributed by atoms with Gasteiger partial charge in [0.1, 0.15) is 17.3 Å². The van der Waals surface area contributed by atoms with Crippen LogP contribution in [0.2, 0.25) is 0 Å². The number of fused-ring (bicyclic) bond motifs is 3. The SMILES string of the molecule is COc1cc2c(cc1OC)-c1c(c(C(=O)NCc3ccco3)nn1-c1ccccc1F)C2. The number of hydrogen-bond acceptors (Lipinski definition) is 5. The molecule has 0 saturated heterocycles. The van der Waals surface area contributed by atoms with Crippen LogP contribution in [-0.4, -0.2) is 29.9 Å². The van der Waals surface area contributed by atoms with Crippen molar-refractivity contribution in [3.63, 3.8) is 0 Å². The third-order valence-corrected chi connectivity index (χ3v) is 5.51. The summed E-state index contributed by atoms with van der Waals surface area (Å²) in [7, 11) is 3.13. The molecule has 0 spiro atoms. The molecule has 4 aromatic rings. The van der Waals surface area contributed by atoms with E-state index < -0.39 is 5.82 Å². The molecule has 0 unspecified atom stereocenters. The molecule has 1 amide bonds. The van der Waals surface area contributed by atoms with Crippen LogP contribution in [0.15, 0.2) is 59.2 Å². The van der Waals surface area contributed by atoms with Gasteiger partial charge in [-0.15, -0.1) is 0 Å². The van der Waals surface area contributed by atoms with Crippen LogP contribution in [0.5, 0.6) is 11.5 Å². The molecule has 0 atom stereocenters. The lowest BCUT2D eigenvalue weighted by Crippen LogP contribution is -2.24. The van der Waals surface area contributed by atoms with Crippen LogP contribution in [0.3, 0.4) is 0 Å². The maximum atomic E-state index is 14.7. The minimum atomic E-state index is -0.436. The van der Waals surface area contributed by atoms with Crippen LogP contribution >= 0.6 is 0 Å². The van der Waals surface area contributed by atoms with Gasteiger partial charge in [0, 0.05) is 17.5 Å². The van der Waals surface area contributed by atoms with Crippen molar-refractivity contribution in [1.29, 1.82) is 0 Å². The van der Waals surface area contributed by atoms with E-state index in [1.165, 1.54) is 10.7 Å². The first kappa shape index (κ1) is 19.9. The second kappa shape index (κ2) is 7.88. The first-order chi connectivity index (χ1) is 15.6. The largest absolute Gasteiger partial charge is 0.493 e. The zero-order valence-electron chi connectivity index (χ0n) is 17.5. The number of aromatic nitrogens is 2. The Kier molecular flexibility index (Phi) is 4.89. The highest BCUT2D eigenvalue weighted by atomic mass is 19.1. The minimum Gasteiger partial charge on any atom is -0.493 e. The topological polar surface area (TPSA) is 78.5 Å². The Morgan fingerprint density at radius 3 is 2.66 bits per heavy atom. The normalized spacial score (nSPS) is 11.7. The number of carbonyl (C=O) groups is 1. The lowest BCUT2D eigenvalue weighted by molar-refractivity contribution is 0.0941. The number of para-hydroxylation sites is 1. The van der Waals surface area contributed by atoms with E-state index in [0.29, 0.717) is 29.4 Å². The van der Waals surface area contributed by atoms with Gasteiger partial charge in [0.2, 0.25) is 0 Å². The molecule has 2 heterocycles. The number of rotatable bonds is 6. The molecule has 2 aromatic carbocycles. The molecule has 0 bridgehead atoms. The number of furan rings is 1. The number of benzene rings is 2. The molecular weight excluding hydrogens is 413 g/mol. The van der Waals surface area contributed by atoms with Crippen molar-refractivity contribution in [2.45, 2.75) is 13.0 Å². The number of ether oxygens (including phenoxy) is 2. The van der Waals surface area contributed by atoms with Crippen LogP contribution < -0.4 is 14.8 Å². The van der Waals surface area contributed by atoms with Crippen LogP contribution in [0.25, 0.3) is 16.9 Å². The fraction of sp³-hybridized carbons (Fsp3) is 0.167. The maximum Gasteiger partial charge on any atom is 0.272 e. The van der Waals surface area contributed by atoms with Gasteiger partial charge in [-0.3, -0.25) is 4.79 Å². The predicted molar refractivity (Wildman–Crippen MR) is 115 cm³/mol. The zero-order chi connectivity index (χ0) is 22.2. The third kappa shape index (κ3) is 3.20. The Labute approximate surface area is 183 Å². The molecule has 8 heteroatoms. The number of methoxy groups -OCH3 is 2. The van der Waals surface area contributed by atoms with Gasteiger partial charge >= 0.3 is 0 Å². The summed E-state index contributed by atoms with van der Waals surface area (Å²) in [4.78, 5) is 13.1. The fourth-order valence-electron chi connectivity index (χ4n) is 4.02. The summed E-state index contributed by atoms with van der Waals surface area (Å²) in [5.74, 6) is 0.963. The van der Waals surface area contributed by atoms with Gasteiger partial charge < -0.3 is 19.2 Å². The lowest BCUT2D eigenvalue weighted by Gasteiger charge is -2.12. The molecule has 0 radical (unpaired) electrons. The summed E-state index contributed by atoms with van der Waals surface area (Å²) in [5.41, 5.74) is 3.64. The maximum absolute atomic E-state index is 14.7. The summed E-state index contributed by atoms with van der Waals surface area (Å²) in [5, 5.41) is 7.35. The van der Waals surface area contributed by atoms with E-state index >= 15 is 0 Å². The number of nitrogens with one attached hydrogen (secondary N) is 1. The first-order valence-corrected chi connectivity index (χ1v) is 10.0. The van der Waals surface area contributed by atoms with Crippen molar-refractivity contribution in [3.8, 4) is 28.4 Å². The molecule has 32 heavy (non-hydrogen) atoms. The van der Waals surface area contributed by atoms with E-state index in [4.69, 9.17) is 13.9 Å². The highest BCUT2D eigenvalue weighted by molar-refractivity contribution is 5.97. The van der Waals surface area contributed by atoms with Crippen LogP contribution in [0, 0.1) is 5.82 Å². The fourth-order valence-corrected chi connectivity index (χ4v) is 4.02. The van der Waals surface area contributed by atoms with E-state index in [1.807, 2.05) is 12.1 Å². The highest BCUT2D eigenvalue weighted by Gasteiger charge is 2.33. The van der Waals surface area contributed by atoms with Gasteiger partial charge in [-0.25, -0.2) is 9.07 Å². The smallest absolute Gasteiger partial charge is 0.272 e. The lowest BCUT2D eigenvalue weighted by atomic mass is 10.1. The highest BCUT2D eigenvalue weighted by Crippen LogP contribution is 2.45. The van der Waals surface area contributed by atoms with Crippen molar-refractivity contribution in [2.24, 2.45) is 0 Å². The molecule has 5 rings (SSSR count). The number of halogens is 1. The molecular formula is C24H20FN3O4. The van der Waals surface area contributed by atoms with E-state index in [0.717, 1.165) is 16.7 Å². The second-order valence-electron chi connectivity index (χ2n) is 7.34. The zero-order valence-corrected chi connectivity index (χ0v) is 17.5. The predicted octanol–water partition coefficient (Wildman–Crippen LogP) is 4.12. The van der Waals surface area contributed by atoms with Crippen molar-refractivity contribution in [2.75, 3.05) is 14.2 Å². The Morgan fingerprint density at radius 1 is 1.16 bits per heavy atom. The van der Waals surface area contributed by atoms with Gasteiger partial charge in [-0.05, 0) is 42.0 Å². The van der Waals surface area contributed by atoms with Gasteiger partial charge in [-0.1, -0.05) is 12.1 Å². The molecule has 2 aromatic heterocycles. The van der Waals surface area contributed by atoms with E-state index in [9.17, 15) is 9.18 Å². The van der Waals surface area contributed by atoms with Crippen LogP contribution in [0.4, 0.5) is 4.39 Å². The molecule has 0 saturated carbocycles. The number of amides is 1.